The molecule has 3 aromatic heterocycles. The molecular formula is C69H60Br4N4O17. The van der Waals surface area contributed by atoms with Gasteiger partial charge in [-0.15, -0.1) is 0 Å². The SMILES string of the molecule is CCOC(=O)C1=C(Br)C=CC(c2c3nc(c(-c4ccc(Br)c(C(=O)OCC)c4C(=O)OCC)c4ccc([nH]4)c(-c4ccc(Br)c(C(=O)OCC)c4C(=O)OCC)c4nc(c(-c5ccc(Br)c(C(=O)OCC)c5C(=O)OCC)c5ccc2[nH]5)C=C4)C(C=O)=C3)C1C(=O)OCC. The minimum Gasteiger partial charge on any atom is -0.465 e. The van der Waals surface area contributed by atoms with Crippen LogP contribution in [0.3, 0.4) is 0 Å². The molecule has 0 fully saturated rings. The van der Waals surface area contributed by atoms with Crippen LogP contribution in [0.25, 0.3) is 79.2 Å². The maximum Gasteiger partial charge on any atom is 0.340 e. The number of ether oxygens (including phenoxy) is 8. The molecule has 9 rings (SSSR count). The molecule has 21 nitrogen and oxygen atoms in total. The van der Waals surface area contributed by atoms with Crippen molar-refractivity contribution in [2.24, 2.45) is 5.92 Å². The van der Waals surface area contributed by atoms with Gasteiger partial charge >= 0.3 is 47.8 Å². The van der Waals surface area contributed by atoms with E-state index >= 15 is 0 Å². The van der Waals surface area contributed by atoms with Crippen LogP contribution in [-0.2, 0) is 52.3 Å². The third-order valence-electron chi connectivity index (χ3n) is 15.0. The van der Waals surface area contributed by atoms with E-state index in [1.165, 1.54) is 18.2 Å². The second kappa shape index (κ2) is 30.4. The van der Waals surface area contributed by atoms with E-state index in [4.69, 9.17) is 47.9 Å². The number of nitrogens with zero attached hydrogens (tertiary/aromatic N) is 2. The fourth-order valence-corrected chi connectivity index (χ4v) is 13.4. The Morgan fingerprint density at radius 2 is 0.787 bits per heavy atom. The number of carbonyl (C=O) groups excluding carboxylic acids is 9. The number of halogens is 4. The van der Waals surface area contributed by atoms with Gasteiger partial charge in [0.1, 0.15) is 5.92 Å². The average Bonchev–Trinajstić information content (AvgIpc) is 1.47. The van der Waals surface area contributed by atoms with Gasteiger partial charge in [-0.2, -0.15) is 0 Å². The highest BCUT2D eigenvalue weighted by molar-refractivity contribution is 9.12. The Morgan fingerprint density at radius 3 is 1.19 bits per heavy atom. The number of aromatic nitrogens is 4. The van der Waals surface area contributed by atoms with Crippen LogP contribution in [0.2, 0.25) is 0 Å². The van der Waals surface area contributed by atoms with E-state index in [0.717, 1.165) is 0 Å². The van der Waals surface area contributed by atoms with Crippen molar-refractivity contribution >= 4 is 164 Å². The number of carbonyl (C=O) groups is 9. The van der Waals surface area contributed by atoms with Crippen molar-refractivity contribution in [3.05, 3.63) is 158 Å². The molecule has 3 aliphatic rings. The van der Waals surface area contributed by atoms with Crippen LogP contribution in [0.15, 0.2) is 96.3 Å². The molecule has 1 aliphatic carbocycles. The van der Waals surface area contributed by atoms with Crippen molar-refractivity contribution in [2.45, 2.75) is 61.3 Å². The molecule has 2 aliphatic heterocycles. The summed E-state index contributed by atoms with van der Waals surface area (Å²) in [6, 6.07) is 15.8. The average molecular weight is 1540 g/mol. The molecule has 0 saturated heterocycles. The number of rotatable bonds is 21. The van der Waals surface area contributed by atoms with Crippen molar-refractivity contribution in [2.75, 3.05) is 52.9 Å². The van der Waals surface area contributed by atoms with Gasteiger partial charge in [0.2, 0.25) is 0 Å². The number of aromatic amines is 2. The van der Waals surface area contributed by atoms with Crippen LogP contribution in [0.1, 0.15) is 152 Å². The fourth-order valence-electron chi connectivity index (χ4n) is 11.3. The molecule has 2 N–H and O–H groups in total. The summed E-state index contributed by atoms with van der Waals surface area (Å²) in [5.74, 6) is -9.81. The molecule has 25 heteroatoms. The molecule has 94 heavy (non-hydrogen) atoms. The number of benzene rings is 3. The van der Waals surface area contributed by atoms with Crippen molar-refractivity contribution in [3.8, 4) is 33.4 Å². The van der Waals surface area contributed by atoms with Gasteiger partial charge in [-0.3, -0.25) is 9.59 Å². The second-order valence-electron chi connectivity index (χ2n) is 20.3. The van der Waals surface area contributed by atoms with Crippen LogP contribution in [-0.4, -0.2) is 127 Å². The number of fused-ring (bicyclic) bond motifs is 8. The third-order valence-corrected chi connectivity index (χ3v) is 17.6. The van der Waals surface area contributed by atoms with Gasteiger partial charge in [0.05, 0.1) is 115 Å². The number of hydrogen-bond donors (Lipinski definition) is 2. The van der Waals surface area contributed by atoms with Gasteiger partial charge in [-0.05, 0) is 164 Å². The smallest absolute Gasteiger partial charge is 0.340 e. The van der Waals surface area contributed by atoms with Gasteiger partial charge in [0.25, 0.3) is 0 Å². The Morgan fingerprint density at radius 1 is 0.426 bits per heavy atom. The Labute approximate surface area is 572 Å². The Kier molecular flexibility index (Phi) is 22.5. The first-order chi connectivity index (χ1) is 45.3. The van der Waals surface area contributed by atoms with E-state index in [9.17, 15) is 43.2 Å². The lowest BCUT2D eigenvalue weighted by Gasteiger charge is -2.29. The standard InChI is InChI=1S/C69H60Br4N4O17/c1-9-87-62(79)53-34(17-21-38(70)57(53)66(83)91-13-5)49-42-25-26-43(74-42)50(35-18-22-39(71)58(67(84)92-14-6)54(35)63(80)88-10-2)45-29-30-47(76-45)52(37-20-24-41(73)60(69(86)94-16-8)56(37)65(82)90-12-4)61-33(32-78)31-48(77-61)51(46-28-27-44(49)75-46)36-19-23-40(72)59(68(85)93-15-7)55(36)64(81)89-11-3/h17-32,36,55,75-76H,9-16H2,1-8H3. The molecule has 5 heterocycles. The normalized spacial score (nSPS) is 14.0. The van der Waals surface area contributed by atoms with Crippen LogP contribution in [0.4, 0.5) is 0 Å². The Bertz CT molecular complexity index is 4480. The van der Waals surface area contributed by atoms with Gasteiger partial charge in [-0.25, -0.2) is 43.5 Å². The molecule has 486 valence electrons. The number of H-pyrrole nitrogens is 2. The maximum absolute atomic E-state index is 14.8. The predicted molar refractivity (Wildman–Crippen MR) is 364 cm³/mol. The minimum atomic E-state index is -1.47. The Balaban J connectivity index is 1.62. The first kappa shape index (κ1) is 69.4. The molecule has 6 aromatic rings. The summed E-state index contributed by atoms with van der Waals surface area (Å²) in [6.07, 6.45) is 8.48. The first-order valence-electron chi connectivity index (χ1n) is 29.9. The van der Waals surface area contributed by atoms with Crippen LogP contribution in [0.5, 0.6) is 0 Å². The van der Waals surface area contributed by atoms with Crippen molar-refractivity contribution in [1.29, 1.82) is 0 Å². The zero-order valence-corrected chi connectivity index (χ0v) is 58.2. The molecular weight excluding hydrogens is 1480 g/mol. The molecule has 8 bridgehead atoms. The lowest BCUT2D eigenvalue weighted by molar-refractivity contribution is -0.150. The van der Waals surface area contributed by atoms with Crippen LogP contribution in [0, 0.1) is 5.92 Å². The molecule has 0 radical (unpaired) electrons. The first-order valence-corrected chi connectivity index (χ1v) is 33.0. The summed E-state index contributed by atoms with van der Waals surface area (Å²) in [4.78, 5) is 148. The van der Waals surface area contributed by atoms with E-state index < -0.39 is 59.6 Å². The quantitative estimate of drug-likeness (QED) is 0.0384. The number of esters is 8. The van der Waals surface area contributed by atoms with E-state index in [0.29, 0.717) is 6.29 Å². The number of nitrogens with one attached hydrogen (secondary N) is 2. The number of hydrogen-bond acceptors (Lipinski definition) is 19. The largest absolute Gasteiger partial charge is 0.465 e. The Hall–Kier alpha value is -8.91. The zero-order chi connectivity index (χ0) is 67.8. The highest BCUT2D eigenvalue weighted by atomic mass is 79.9. The highest BCUT2D eigenvalue weighted by Crippen LogP contribution is 2.48. The summed E-state index contributed by atoms with van der Waals surface area (Å²) in [6.45, 7) is 12.0. The molecule has 2 atom stereocenters. The van der Waals surface area contributed by atoms with E-state index in [1.807, 2.05) is 0 Å². The fraction of sp³-hybridized carbons (Fsp3) is 0.261. The van der Waals surface area contributed by atoms with Crippen molar-refractivity contribution in [3.63, 3.8) is 0 Å². The summed E-state index contributed by atoms with van der Waals surface area (Å²) in [5.41, 5.74) is -0.00469. The lowest BCUT2D eigenvalue weighted by atomic mass is 9.77. The number of aldehydes is 1. The minimum absolute atomic E-state index is 0.00171. The van der Waals surface area contributed by atoms with E-state index in [2.05, 4.69) is 73.7 Å². The molecule has 3 aromatic carbocycles. The van der Waals surface area contributed by atoms with Crippen LogP contribution >= 0.6 is 63.7 Å². The zero-order valence-electron chi connectivity index (χ0n) is 51.9. The molecule has 2 unspecified atom stereocenters. The van der Waals surface area contributed by atoms with Gasteiger partial charge in [-0.1, -0.05) is 46.3 Å². The van der Waals surface area contributed by atoms with E-state index in [-0.39, 0.29) is 199 Å². The molecule has 0 spiro atoms. The van der Waals surface area contributed by atoms with Gasteiger partial charge in [0.15, 0.2) is 6.29 Å². The summed E-state index contributed by atoms with van der Waals surface area (Å²) >= 11 is 14.0. The van der Waals surface area contributed by atoms with E-state index in [1.54, 1.807) is 128 Å². The van der Waals surface area contributed by atoms with Crippen molar-refractivity contribution < 1.29 is 81.0 Å². The highest BCUT2D eigenvalue weighted by Gasteiger charge is 2.43. The molecule has 0 amide bonds. The monoisotopic (exact) mass is 1530 g/mol. The number of allylic oxidation sites excluding steroid dienone is 4. The molecule has 0 saturated carbocycles. The van der Waals surface area contributed by atoms with Crippen LogP contribution < -0.4 is 0 Å². The topological polar surface area (TPSA) is 285 Å². The maximum atomic E-state index is 14.8. The predicted octanol–water partition coefficient (Wildman–Crippen LogP) is 14.6. The lowest BCUT2D eigenvalue weighted by Crippen LogP contribution is -2.32. The van der Waals surface area contributed by atoms with Gasteiger partial charge < -0.3 is 47.9 Å². The summed E-state index contributed by atoms with van der Waals surface area (Å²) < 4.78 is 45.8. The van der Waals surface area contributed by atoms with Gasteiger partial charge in [0, 0.05) is 90.4 Å². The van der Waals surface area contributed by atoms with Crippen molar-refractivity contribution in [1.82, 2.24) is 19.9 Å². The summed E-state index contributed by atoms with van der Waals surface area (Å²) in [7, 11) is 0. The second-order valence-corrected chi connectivity index (χ2v) is 23.8. The third kappa shape index (κ3) is 13.4. The summed E-state index contributed by atoms with van der Waals surface area (Å²) in [5, 5.41) is 0.